The molecule has 134 valence electrons. The third-order valence-electron chi connectivity index (χ3n) is 4.18. The van der Waals surface area contributed by atoms with Crippen LogP contribution >= 0.6 is 39.9 Å². The molecular weight excluding hydrogens is 442 g/mol. The van der Waals surface area contributed by atoms with E-state index >= 15 is 0 Å². The molecule has 0 saturated carbocycles. The van der Waals surface area contributed by atoms with Gasteiger partial charge in [-0.3, -0.25) is 9.69 Å². The number of thiocarbonyl (C=S) groups is 1. The lowest BCUT2D eigenvalue weighted by atomic mass is 10.2. The summed E-state index contributed by atoms with van der Waals surface area (Å²) in [6.45, 7) is 1.97. The molecule has 0 aliphatic carbocycles. The number of carbonyl (C=O) groups is 1. The number of furan rings is 1. The Morgan fingerprint density at radius 3 is 2.56 bits per heavy atom. The summed E-state index contributed by atoms with van der Waals surface area (Å²) < 4.78 is 7.44. The van der Waals surface area contributed by atoms with Gasteiger partial charge in [0.15, 0.2) is 4.32 Å². The maximum Gasteiger partial charge on any atom is 0.270 e. The van der Waals surface area contributed by atoms with Crippen molar-refractivity contribution in [3.63, 3.8) is 0 Å². The first kappa shape index (κ1) is 18.2. The Morgan fingerprint density at radius 2 is 1.81 bits per heavy atom. The van der Waals surface area contributed by atoms with Gasteiger partial charge in [0, 0.05) is 16.1 Å². The molecule has 1 aliphatic heterocycles. The quantitative estimate of drug-likeness (QED) is 0.336. The highest BCUT2D eigenvalue weighted by Gasteiger charge is 2.34. The van der Waals surface area contributed by atoms with Crippen LogP contribution in [-0.4, -0.2) is 10.2 Å². The van der Waals surface area contributed by atoms with Crippen LogP contribution in [0, 0.1) is 6.92 Å². The highest BCUT2D eigenvalue weighted by atomic mass is 79.9. The van der Waals surface area contributed by atoms with E-state index in [4.69, 9.17) is 16.6 Å². The number of amides is 1. The van der Waals surface area contributed by atoms with Crippen LogP contribution < -0.4 is 4.90 Å². The maximum atomic E-state index is 12.9. The Bertz CT molecular complexity index is 1070. The lowest BCUT2D eigenvalue weighted by Gasteiger charge is -2.16. The Labute approximate surface area is 175 Å². The van der Waals surface area contributed by atoms with E-state index in [1.165, 1.54) is 11.8 Å². The molecule has 0 unspecified atom stereocenters. The van der Waals surface area contributed by atoms with Crippen LogP contribution in [0.1, 0.15) is 11.3 Å². The van der Waals surface area contributed by atoms with E-state index in [9.17, 15) is 4.79 Å². The molecule has 1 saturated heterocycles. The molecule has 1 fully saturated rings. The minimum atomic E-state index is -0.124. The molecule has 0 atom stereocenters. The van der Waals surface area contributed by atoms with Gasteiger partial charge in [-0.2, -0.15) is 0 Å². The van der Waals surface area contributed by atoms with Gasteiger partial charge >= 0.3 is 0 Å². The second-order valence-electron chi connectivity index (χ2n) is 6.01. The van der Waals surface area contributed by atoms with Crippen molar-refractivity contribution >= 4 is 61.9 Å². The van der Waals surface area contributed by atoms with Crippen molar-refractivity contribution in [2.75, 3.05) is 4.90 Å². The van der Waals surface area contributed by atoms with Gasteiger partial charge < -0.3 is 4.42 Å². The molecule has 0 N–H and O–H groups in total. The van der Waals surface area contributed by atoms with E-state index in [1.54, 1.807) is 11.0 Å². The van der Waals surface area contributed by atoms with Gasteiger partial charge in [-0.15, -0.1) is 0 Å². The van der Waals surface area contributed by atoms with Gasteiger partial charge in [-0.1, -0.05) is 70.2 Å². The highest BCUT2D eigenvalue weighted by Crippen LogP contribution is 2.37. The monoisotopic (exact) mass is 455 g/mol. The molecule has 1 aliphatic rings. The zero-order chi connectivity index (χ0) is 19.0. The number of halogens is 1. The molecule has 4 rings (SSSR count). The number of anilines is 1. The molecule has 0 bridgehead atoms. The first-order valence-corrected chi connectivity index (χ1v) is 10.2. The fourth-order valence-corrected chi connectivity index (χ4v) is 4.35. The summed E-state index contributed by atoms with van der Waals surface area (Å²) in [6.07, 6.45) is 1.75. The molecule has 0 spiro atoms. The Kier molecular flexibility index (Phi) is 5.04. The highest BCUT2D eigenvalue weighted by molar-refractivity contribution is 9.10. The number of hydrogen-bond acceptors (Lipinski definition) is 4. The van der Waals surface area contributed by atoms with Gasteiger partial charge in [0.25, 0.3) is 5.91 Å². The van der Waals surface area contributed by atoms with Crippen molar-refractivity contribution in [3.05, 3.63) is 81.4 Å². The molecule has 2 heterocycles. The van der Waals surface area contributed by atoms with E-state index in [-0.39, 0.29) is 5.91 Å². The van der Waals surface area contributed by atoms with Crippen LogP contribution in [-0.2, 0) is 4.79 Å². The summed E-state index contributed by atoms with van der Waals surface area (Å²) in [6, 6.07) is 19.4. The molecule has 1 aromatic heterocycles. The van der Waals surface area contributed by atoms with Crippen LogP contribution in [0.5, 0.6) is 0 Å². The van der Waals surface area contributed by atoms with Crippen LogP contribution in [0.4, 0.5) is 5.69 Å². The first-order chi connectivity index (χ1) is 13.0. The van der Waals surface area contributed by atoms with Crippen LogP contribution in [0.2, 0.25) is 0 Å². The molecule has 6 heteroatoms. The number of aryl methyl sites for hydroxylation is 1. The zero-order valence-corrected chi connectivity index (χ0v) is 17.5. The van der Waals surface area contributed by atoms with Crippen molar-refractivity contribution < 1.29 is 9.21 Å². The van der Waals surface area contributed by atoms with E-state index in [1.807, 2.05) is 67.6 Å². The second-order valence-corrected chi connectivity index (χ2v) is 8.60. The topological polar surface area (TPSA) is 33.5 Å². The van der Waals surface area contributed by atoms with Crippen molar-refractivity contribution in [2.24, 2.45) is 0 Å². The number of thioether (sulfide) groups is 1. The van der Waals surface area contributed by atoms with Gasteiger partial charge in [0.05, 0.1) is 10.6 Å². The summed E-state index contributed by atoms with van der Waals surface area (Å²) in [5.41, 5.74) is 2.80. The van der Waals surface area contributed by atoms with Crippen molar-refractivity contribution in [1.82, 2.24) is 0 Å². The largest absolute Gasteiger partial charge is 0.457 e. The summed E-state index contributed by atoms with van der Waals surface area (Å²) in [5.74, 6) is 1.25. The van der Waals surface area contributed by atoms with E-state index in [0.717, 1.165) is 27.0 Å². The minimum absolute atomic E-state index is 0.124. The summed E-state index contributed by atoms with van der Waals surface area (Å²) >= 11 is 10.2. The molecule has 0 radical (unpaired) electrons. The summed E-state index contributed by atoms with van der Waals surface area (Å²) in [5, 5.41) is 0. The van der Waals surface area contributed by atoms with Crippen LogP contribution in [0.25, 0.3) is 17.4 Å². The fourth-order valence-electron chi connectivity index (χ4n) is 2.82. The van der Waals surface area contributed by atoms with Crippen molar-refractivity contribution in [3.8, 4) is 11.3 Å². The number of hydrogen-bond donors (Lipinski definition) is 0. The predicted molar refractivity (Wildman–Crippen MR) is 119 cm³/mol. The fraction of sp³-hybridized carbons (Fsp3) is 0.0476. The number of rotatable bonds is 3. The molecule has 1 amide bonds. The number of para-hydroxylation sites is 1. The number of carbonyl (C=O) groups excluding carboxylic acids is 1. The maximum absolute atomic E-state index is 12.9. The van der Waals surface area contributed by atoms with Crippen molar-refractivity contribution in [1.29, 1.82) is 0 Å². The van der Waals surface area contributed by atoms with Crippen molar-refractivity contribution in [2.45, 2.75) is 6.92 Å². The smallest absolute Gasteiger partial charge is 0.270 e. The van der Waals surface area contributed by atoms with E-state index in [0.29, 0.717) is 15.0 Å². The second kappa shape index (κ2) is 7.46. The number of nitrogens with zero attached hydrogens (tertiary/aromatic N) is 1. The van der Waals surface area contributed by atoms with Crippen LogP contribution in [0.3, 0.4) is 0 Å². The van der Waals surface area contributed by atoms with Gasteiger partial charge in [-0.25, -0.2) is 0 Å². The lowest BCUT2D eigenvalue weighted by molar-refractivity contribution is -0.113. The van der Waals surface area contributed by atoms with Gasteiger partial charge in [0.2, 0.25) is 0 Å². The van der Waals surface area contributed by atoms with Crippen LogP contribution in [0.15, 0.2) is 74.5 Å². The third kappa shape index (κ3) is 3.65. The molecule has 2 aromatic carbocycles. The lowest BCUT2D eigenvalue weighted by Crippen LogP contribution is -2.28. The summed E-state index contributed by atoms with van der Waals surface area (Å²) in [4.78, 5) is 15.0. The first-order valence-electron chi connectivity index (χ1n) is 8.22. The van der Waals surface area contributed by atoms with E-state index in [2.05, 4.69) is 15.9 Å². The standard InChI is InChI=1S/C21H14BrNO2S2/c1-13-4-2-3-5-17(13)23-20(24)19(27-21(23)26)12-16-10-11-18(25-16)14-6-8-15(22)9-7-14/h2-12H,1H3/b19-12+. The minimum Gasteiger partial charge on any atom is -0.457 e. The van der Waals surface area contributed by atoms with E-state index < -0.39 is 0 Å². The van der Waals surface area contributed by atoms with Gasteiger partial charge in [0.1, 0.15) is 11.5 Å². The third-order valence-corrected chi connectivity index (χ3v) is 6.01. The Balaban J connectivity index is 1.62. The normalized spacial score (nSPS) is 15.8. The molecule has 3 nitrogen and oxygen atoms in total. The average molecular weight is 456 g/mol. The molecular formula is C21H14BrNO2S2. The molecule has 27 heavy (non-hydrogen) atoms. The average Bonchev–Trinajstić information content (AvgIpc) is 3.22. The van der Waals surface area contributed by atoms with Gasteiger partial charge in [-0.05, 0) is 42.8 Å². The Morgan fingerprint density at radius 1 is 1.07 bits per heavy atom. The number of benzene rings is 2. The zero-order valence-electron chi connectivity index (χ0n) is 14.3. The molecule has 3 aromatic rings. The Hall–Kier alpha value is -2.15. The summed E-state index contributed by atoms with van der Waals surface area (Å²) in [7, 11) is 0. The predicted octanol–water partition coefficient (Wildman–Crippen LogP) is 6.42. The SMILES string of the molecule is Cc1ccccc1N1C(=O)/C(=C\c2ccc(-c3ccc(Br)cc3)o2)SC1=S.